The zero-order valence-electron chi connectivity index (χ0n) is 8.99. The molecule has 0 unspecified atom stereocenters. The molecule has 0 aliphatic rings. The van der Waals surface area contributed by atoms with E-state index < -0.39 is 10.0 Å². The largest absolute Gasteiger partial charge is 0.397 e. The third-order valence-electron chi connectivity index (χ3n) is 2.07. The highest BCUT2D eigenvalue weighted by Gasteiger charge is 2.20. The molecule has 0 aliphatic heterocycles. The van der Waals surface area contributed by atoms with E-state index in [0.717, 1.165) is 0 Å². The molecule has 2 aromatic heterocycles. The van der Waals surface area contributed by atoms with E-state index in [1.807, 2.05) is 0 Å². The number of nitrogen functional groups attached to an aromatic ring is 1. The summed E-state index contributed by atoms with van der Waals surface area (Å²) in [5.41, 5.74) is 5.75. The van der Waals surface area contributed by atoms with E-state index in [9.17, 15) is 8.42 Å². The molecule has 0 spiro atoms. The van der Waals surface area contributed by atoms with Gasteiger partial charge in [0.25, 0.3) is 10.0 Å². The van der Waals surface area contributed by atoms with Crippen LogP contribution in [0.25, 0.3) is 5.82 Å². The summed E-state index contributed by atoms with van der Waals surface area (Å²) < 4.78 is 28.6. The summed E-state index contributed by atoms with van der Waals surface area (Å²) in [7, 11) is -3.89. The molecule has 9 heteroatoms. The first kappa shape index (κ1) is 12.7. The van der Waals surface area contributed by atoms with Crippen LogP contribution in [-0.4, -0.2) is 29.9 Å². The Kier molecular flexibility index (Phi) is 3.18. The molecule has 0 aliphatic carbocycles. The third-order valence-corrected chi connectivity index (χ3v) is 3.68. The van der Waals surface area contributed by atoms with E-state index in [0.29, 0.717) is 4.47 Å². The topological polar surface area (TPSA) is 103 Å². The van der Waals surface area contributed by atoms with Crippen molar-refractivity contribution in [2.24, 2.45) is 4.40 Å². The van der Waals surface area contributed by atoms with Crippen molar-refractivity contribution in [1.82, 2.24) is 14.8 Å². The van der Waals surface area contributed by atoms with Gasteiger partial charge in [-0.3, -0.25) is 0 Å². The van der Waals surface area contributed by atoms with Gasteiger partial charge >= 0.3 is 0 Å². The third kappa shape index (κ3) is 2.27. The molecular formula is C9H8BrN5O2S. The minimum Gasteiger partial charge on any atom is -0.397 e. The molecule has 18 heavy (non-hydrogen) atoms. The van der Waals surface area contributed by atoms with E-state index in [1.54, 1.807) is 6.20 Å². The fourth-order valence-corrected chi connectivity index (χ4v) is 2.39. The molecule has 0 radical (unpaired) electrons. The molecule has 0 atom stereocenters. The first-order valence-electron chi connectivity index (χ1n) is 4.63. The summed E-state index contributed by atoms with van der Waals surface area (Å²) in [5.74, 6) is 0.113. The Labute approximate surface area is 112 Å². The monoisotopic (exact) mass is 329 g/mol. The number of nitrogens with zero attached hydrogens (tertiary/aromatic N) is 4. The minimum absolute atomic E-state index is 0.113. The quantitative estimate of drug-likeness (QED) is 0.846. The highest BCUT2D eigenvalue weighted by molar-refractivity contribution is 9.10. The Morgan fingerprint density at radius 3 is 2.72 bits per heavy atom. The summed E-state index contributed by atoms with van der Waals surface area (Å²) in [6.07, 6.45) is 4.42. The number of nitrogens with two attached hydrogens (primary N) is 1. The molecule has 0 fully saturated rings. The number of aromatic nitrogens is 3. The van der Waals surface area contributed by atoms with Crippen LogP contribution in [-0.2, 0) is 10.0 Å². The van der Waals surface area contributed by atoms with Crippen LogP contribution in [0.2, 0.25) is 0 Å². The number of anilines is 1. The predicted octanol–water partition coefficient (Wildman–Crippen LogP) is 1.00. The Hall–Kier alpha value is -1.74. The molecule has 0 saturated heterocycles. The summed E-state index contributed by atoms with van der Waals surface area (Å²) in [5, 5.41) is 3.96. The molecule has 7 nitrogen and oxygen atoms in total. The molecule has 2 rings (SSSR count). The van der Waals surface area contributed by atoms with Gasteiger partial charge in [-0.25, -0.2) is 9.67 Å². The van der Waals surface area contributed by atoms with Crippen molar-refractivity contribution in [2.45, 2.75) is 4.90 Å². The Balaban J connectivity index is 2.72. The number of hydrogen-bond acceptors (Lipinski definition) is 5. The van der Waals surface area contributed by atoms with Crippen molar-refractivity contribution in [2.75, 3.05) is 5.73 Å². The molecule has 94 valence electrons. The van der Waals surface area contributed by atoms with Crippen molar-refractivity contribution in [1.29, 1.82) is 0 Å². The predicted molar refractivity (Wildman–Crippen MR) is 70.2 cm³/mol. The van der Waals surface area contributed by atoms with Crippen LogP contribution in [0.1, 0.15) is 0 Å². The van der Waals surface area contributed by atoms with Crippen LogP contribution < -0.4 is 5.73 Å². The lowest BCUT2D eigenvalue weighted by Crippen LogP contribution is -2.08. The van der Waals surface area contributed by atoms with Gasteiger partial charge in [-0.15, -0.1) is 0 Å². The molecule has 0 aromatic carbocycles. The van der Waals surface area contributed by atoms with Crippen LogP contribution in [0.4, 0.5) is 5.69 Å². The van der Waals surface area contributed by atoms with Gasteiger partial charge < -0.3 is 5.73 Å². The number of rotatable bonds is 3. The average molecular weight is 330 g/mol. The summed E-state index contributed by atoms with van der Waals surface area (Å²) in [4.78, 5) is 3.82. The van der Waals surface area contributed by atoms with Gasteiger partial charge in [0, 0.05) is 12.9 Å². The standard InChI is InChI=1S/C9H8BrN5O2S/c1-12-18(16,17)8-2-7(11)4-13-9(8)15-5-6(10)3-14-15/h2-5H,1,11H2. The average Bonchev–Trinajstić information content (AvgIpc) is 2.75. The number of pyridine rings is 1. The first-order chi connectivity index (χ1) is 8.44. The van der Waals surface area contributed by atoms with E-state index in [4.69, 9.17) is 5.73 Å². The maximum absolute atomic E-state index is 11.8. The Bertz CT molecular complexity index is 709. The molecule has 0 amide bonds. The van der Waals surface area contributed by atoms with Crippen molar-refractivity contribution in [3.8, 4) is 5.82 Å². The van der Waals surface area contributed by atoms with Crippen molar-refractivity contribution < 1.29 is 8.42 Å². The number of hydrogen-bond donors (Lipinski definition) is 1. The lowest BCUT2D eigenvalue weighted by molar-refractivity contribution is 0.596. The van der Waals surface area contributed by atoms with Gasteiger partial charge in [-0.05, 0) is 22.0 Å². The maximum atomic E-state index is 11.8. The highest BCUT2D eigenvalue weighted by atomic mass is 79.9. The molecule has 2 N–H and O–H groups in total. The van der Waals surface area contributed by atoms with Gasteiger partial charge in [0.05, 0.1) is 22.6 Å². The second-order valence-electron chi connectivity index (χ2n) is 3.30. The molecule has 2 aromatic rings. The lowest BCUT2D eigenvalue weighted by atomic mass is 10.4. The zero-order valence-corrected chi connectivity index (χ0v) is 11.4. The van der Waals surface area contributed by atoms with Gasteiger partial charge in [0.1, 0.15) is 4.90 Å². The van der Waals surface area contributed by atoms with E-state index in [1.165, 1.54) is 23.1 Å². The maximum Gasteiger partial charge on any atom is 0.285 e. The SMILES string of the molecule is C=NS(=O)(=O)c1cc(N)cnc1-n1cc(Br)cn1. The smallest absolute Gasteiger partial charge is 0.285 e. The summed E-state index contributed by atoms with van der Waals surface area (Å²) >= 11 is 3.21. The van der Waals surface area contributed by atoms with Gasteiger partial charge in [-0.2, -0.15) is 17.9 Å². The van der Waals surface area contributed by atoms with Gasteiger partial charge in [0.2, 0.25) is 0 Å². The molecule has 0 bridgehead atoms. The fraction of sp³-hybridized carbons (Fsp3) is 0. The second kappa shape index (κ2) is 4.50. The van der Waals surface area contributed by atoms with E-state index in [2.05, 4.69) is 37.1 Å². The first-order valence-corrected chi connectivity index (χ1v) is 6.86. The van der Waals surface area contributed by atoms with Crippen LogP contribution in [0.3, 0.4) is 0 Å². The van der Waals surface area contributed by atoms with Crippen LogP contribution in [0.15, 0.2) is 38.4 Å². The van der Waals surface area contributed by atoms with E-state index in [-0.39, 0.29) is 16.4 Å². The fourth-order valence-electron chi connectivity index (χ4n) is 1.30. The summed E-state index contributed by atoms with van der Waals surface area (Å²) in [6, 6.07) is 1.27. The number of sulfonamides is 1. The van der Waals surface area contributed by atoms with Crippen molar-refractivity contribution >= 4 is 38.4 Å². The molecule has 2 heterocycles. The van der Waals surface area contributed by atoms with Gasteiger partial charge in [-0.1, -0.05) is 0 Å². The Morgan fingerprint density at radius 2 is 2.17 bits per heavy atom. The van der Waals surface area contributed by atoms with E-state index >= 15 is 0 Å². The molecule has 0 saturated carbocycles. The summed E-state index contributed by atoms with van der Waals surface area (Å²) in [6.45, 7) is 3.03. The van der Waals surface area contributed by atoms with Crippen LogP contribution in [0, 0.1) is 0 Å². The highest BCUT2D eigenvalue weighted by Crippen LogP contribution is 2.22. The number of halogens is 1. The van der Waals surface area contributed by atoms with Crippen molar-refractivity contribution in [3.63, 3.8) is 0 Å². The second-order valence-corrected chi connectivity index (χ2v) is 5.86. The van der Waals surface area contributed by atoms with Crippen LogP contribution >= 0.6 is 15.9 Å². The lowest BCUT2D eigenvalue weighted by Gasteiger charge is -2.07. The van der Waals surface area contributed by atoms with Gasteiger partial charge in [0.15, 0.2) is 5.82 Å². The zero-order chi connectivity index (χ0) is 13.3. The molecular weight excluding hydrogens is 322 g/mol. The Morgan fingerprint density at radius 1 is 1.44 bits per heavy atom. The van der Waals surface area contributed by atoms with Crippen molar-refractivity contribution in [3.05, 3.63) is 29.1 Å². The normalized spacial score (nSPS) is 11.4. The van der Waals surface area contributed by atoms with Crippen LogP contribution in [0.5, 0.6) is 0 Å². The minimum atomic E-state index is -3.89.